The average molecular weight is 430 g/mol. The maximum absolute atomic E-state index is 13.8. The van der Waals surface area contributed by atoms with E-state index < -0.39 is 29.2 Å². The molecule has 31 heavy (non-hydrogen) atoms. The number of aromatic nitrogens is 2. The normalized spacial score (nSPS) is 10.7. The highest BCUT2D eigenvalue weighted by atomic mass is 19.2. The summed E-state index contributed by atoms with van der Waals surface area (Å²) in [5.74, 6) is -3.61. The molecule has 0 unspecified atom stereocenters. The van der Waals surface area contributed by atoms with Gasteiger partial charge in [0.2, 0.25) is 0 Å². The number of benzene rings is 2. The molecule has 0 radical (unpaired) electrons. The molecule has 10 heteroatoms. The minimum absolute atomic E-state index is 0.124. The van der Waals surface area contributed by atoms with Crippen molar-refractivity contribution in [3.63, 3.8) is 0 Å². The quantitative estimate of drug-likeness (QED) is 0.251. The number of rotatable bonds is 7. The standard InChI is InChI=1S/C21H21F3N6O/c1-2-3-6-13-9-19(30(29-13)14-7-4-5-12(8-14)20(25)26)28-21(31)27-18-11-16(23)15(22)10-17(18)24/h4-5,7-11H,2-3,6H2,1H3,(H3,25,26)(H2,27,28,31). The predicted molar refractivity (Wildman–Crippen MR) is 112 cm³/mol. The molecule has 7 nitrogen and oxygen atoms in total. The van der Waals surface area contributed by atoms with Crippen molar-refractivity contribution in [3.8, 4) is 5.69 Å². The van der Waals surface area contributed by atoms with E-state index in [1.54, 1.807) is 30.3 Å². The number of carbonyl (C=O) groups excluding carboxylic acids is 1. The van der Waals surface area contributed by atoms with Crippen LogP contribution in [0.2, 0.25) is 0 Å². The SMILES string of the molecule is CCCCc1cc(NC(=O)Nc2cc(F)c(F)cc2F)n(-c2cccc(C(=N)N)c2)n1. The molecule has 2 aromatic carbocycles. The Bertz CT molecular complexity index is 1130. The van der Waals surface area contributed by atoms with E-state index in [9.17, 15) is 18.0 Å². The van der Waals surface area contributed by atoms with Crippen LogP contribution in [0.15, 0.2) is 42.5 Å². The number of unbranched alkanes of at least 4 members (excludes halogenated alkanes) is 1. The van der Waals surface area contributed by atoms with Gasteiger partial charge in [0.1, 0.15) is 17.5 Å². The highest BCUT2D eigenvalue weighted by Crippen LogP contribution is 2.22. The van der Waals surface area contributed by atoms with Crippen LogP contribution in [-0.4, -0.2) is 21.6 Å². The molecule has 0 saturated heterocycles. The topological polar surface area (TPSA) is 109 Å². The number of halogens is 3. The van der Waals surface area contributed by atoms with Gasteiger partial charge in [-0.25, -0.2) is 22.6 Å². The Kier molecular flexibility index (Phi) is 6.58. The fourth-order valence-electron chi connectivity index (χ4n) is 2.89. The van der Waals surface area contributed by atoms with Gasteiger partial charge in [-0.3, -0.25) is 10.7 Å². The molecule has 0 bridgehead atoms. The number of anilines is 2. The Hall–Kier alpha value is -3.82. The molecule has 3 aromatic rings. The van der Waals surface area contributed by atoms with Crippen molar-refractivity contribution in [2.45, 2.75) is 26.2 Å². The van der Waals surface area contributed by atoms with Gasteiger partial charge in [0.05, 0.1) is 17.1 Å². The van der Waals surface area contributed by atoms with Crippen LogP contribution < -0.4 is 16.4 Å². The lowest BCUT2D eigenvalue weighted by Gasteiger charge is -2.11. The van der Waals surface area contributed by atoms with Crippen LogP contribution in [0.5, 0.6) is 0 Å². The van der Waals surface area contributed by atoms with E-state index in [1.165, 1.54) is 4.68 Å². The fourth-order valence-corrected chi connectivity index (χ4v) is 2.89. The number of nitrogen functional groups attached to an aromatic ring is 1. The number of hydrogen-bond acceptors (Lipinski definition) is 3. The Morgan fingerprint density at radius 2 is 1.84 bits per heavy atom. The summed E-state index contributed by atoms with van der Waals surface area (Å²) in [6, 6.07) is 8.43. The summed E-state index contributed by atoms with van der Waals surface area (Å²) in [4.78, 5) is 12.4. The van der Waals surface area contributed by atoms with Crippen molar-refractivity contribution in [1.29, 1.82) is 5.41 Å². The monoisotopic (exact) mass is 430 g/mol. The van der Waals surface area contributed by atoms with Crippen LogP contribution in [0, 0.1) is 22.9 Å². The van der Waals surface area contributed by atoms with Crippen LogP contribution >= 0.6 is 0 Å². The van der Waals surface area contributed by atoms with Gasteiger partial charge in [-0.2, -0.15) is 5.10 Å². The van der Waals surface area contributed by atoms with Gasteiger partial charge in [0, 0.05) is 23.8 Å². The molecule has 0 fully saturated rings. The molecular weight excluding hydrogens is 409 g/mol. The maximum atomic E-state index is 13.8. The minimum atomic E-state index is -1.35. The zero-order valence-electron chi connectivity index (χ0n) is 16.7. The van der Waals surface area contributed by atoms with Gasteiger partial charge < -0.3 is 11.1 Å². The Morgan fingerprint density at radius 3 is 2.55 bits per heavy atom. The van der Waals surface area contributed by atoms with Gasteiger partial charge >= 0.3 is 6.03 Å². The number of nitrogens with two attached hydrogens (primary N) is 1. The Labute approximate surface area is 176 Å². The molecule has 0 saturated carbocycles. The first-order valence-corrected chi connectivity index (χ1v) is 9.54. The number of nitrogens with one attached hydrogen (secondary N) is 3. The number of nitrogens with zero attached hydrogens (tertiary/aromatic N) is 2. The molecular formula is C21H21F3N6O. The third kappa shape index (κ3) is 5.21. The van der Waals surface area contributed by atoms with Crippen LogP contribution in [0.1, 0.15) is 31.0 Å². The molecule has 0 aliphatic rings. The van der Waals surface area contributed by atoms with Crippen LogP contribution in [0.4, 0.5) is 29.5 Å². The van der Waals surface area contributed by atoms with Gasteiger partial charge in [0.25, 0.3) is 0 Å². The second kappa shape index (κ2) is 9.33. The van der Waals surface area contributed by atoms with Crippen LogP contribution in [0.3, 0.4) is 0 Å². The number of amidine groups is 1. The maximum Gasteiger partial charge on any atom is 0.324 e. The molecule has 3 rings (SSSR count). The number of amides is 2. The minimum Gasteiger partial charge on any atom is -0.384 e. The van der Waals surface area contributed by atoms with Crippen molar-refractivity contribution in [3.05, 3.63) is 71.2 Å². The van der Waals surface area contributed by atoms with Crippen LogP contribution in [0.25, 0.3) is 5.69 Å². The van der Waals surface area contributed by atoms with Crippen molar-refractivity contribution < 1.29 is 18.0 Å². The van der Waals surface area contributed by atoms with Gasteiger partial charge in [-0.15, -0.1) is 0 Å². The fraction of sp³-hybridized carbons (Fsp3) is 0.190. The molecule has 162 valence electrons. The van der Waals surface area contributed by atoms with E-state index in [0.717, 1.165) is 12.8 Å². The van der Waals surface area contributed by atoms with Gasteiger partial charge in [0.15, 0.2) is 11.6 Å². The highest BCUT2D eigenvalue weighted by molar-refractivity contribution is 5.99. The molecule has 1 heterocycles. The zero-order valence-corrected chi connectivity index (χ0v) is 16.7. The zero-order chi connectivity index (χ0) is 22.5. The van der Waals surface area contributed by atoms with Crippen molar-refractivity contribution in [1.82, 2.24) is 9.78 Å². The summed E-state index contributed by atoms with van der Waals surface area (Å²) in [5, 5.41) is 16.8. The Balaban J connectivity index is 1.90. The first kappa shape index (κ1) is 21.9. The summed E-state index contributed by atoms with van der Waals surface area (Å²) in [6.07, 6.45) is 2.51. The molecule has 2 amide bonds. The molecule has 5 N–H and O–H groups in total. The average Bonchev–Trinajstić information content (AvgIpc) is 3.13. The summed E-state index contributed by atoms with van der Waals surface area (Å²) in [7, 11) is 0. The van der Waals surface area contributed by atoms with E-state index in [1.807, 2.05) is 6.92 Å². The summed E-state index contributed by atoms with van der Waals surface area (Å²) >= 11 is 0. The van der Waals surface area contributed by atoms with Gasteiger partial charge in [-0.1, -0.05) is 25.5 Å². The summed E-state index contributed by atoms with van der Waals surface area (Å²) in [6.45, 7) is 2.04. The predicted octanol–water partition coefficient (Wildman–Crippen LogP) is 4.56. The van der Waals surface area contributed by atoms with Crippen molar-refractivity contribution >= 4 is 23.4 Å². The highest BCUT2D eigenvalue weighted by Gasteiger charge is 2.16. The Morgan fingerprint density at radius 1 is 1.10 bits per heavy atom. The smallest absolute Gasteiger partial charge is 0.324 e. The molecule has 0 spiro atoms. The molecule has 1 aromatic heterocycles. The van der Waals surface area contributed by atoms with Crippen molar-refractivity contribution in [2.24, 2.45) is 5.73 Å². The van der Waals surface area contributed by atoms with Crippen LogP contribution in [-0.2, 0) is 6.42 Å². The van der Waals surface area contributed by atoms with E-state index in [2.05, 4.69) is 15.7 Å². The lowest BCUT2D eigenvalue weighted by atomic mass is 10.2. The molecule has 0 aliphatic heterocycles. The number of aryl methyl sites for hydroxylation is 1. The number of urea groups is 1. The van der Waals surface area contributed by atoms with E-state index in [0.29, 0.717) is 35.5 Å². The third-order valence-electron chi connectivity index (χ3n) is 4.45. The molecule has 0 atom stereocenters. The number of carbonyl (C=O) groups is 1. The van der Waals surface area contributed by atoms with Gasteiger partial charge in [-0.05, 0) is 25.0 Å². The first-order valence-electron chi connectivity index (χ1n) is 9.54. The second-order valence-electron chi connectivity index (χ2n) is 6.83. The second-order valence-corrected chi connectivity index (χ2v) is 6.83. The molecule has 0 aliphatic carbocycles. The first-order chi connectivity index (χ1) is 14.8. The summed E-state index contributed by atoms with van der Waals surface area (Å²) in [5.41, 5.74) is 6.78. The lowest BCUT2D eigenvalue weighted by Crippen LogP contribution is -2.22. The lowest BCUT2D eigenvalue weighted by molar-refractivity contribution is 0.262. The van der Waals surface area contributed by atoms with Crippen molar-refractivity contribution in [2.75, 3.05) is 10.6 Å². The number of hydrogen-bond donors (Lipinski definition) is 4. The van der Waals surface area contributed by atoms with E-state index in [4.69, 9.17) is 11.1 Å². The largest absolute Gasteiger partial charge is 0.384 e. The van der Waals surface area contributed by atoms with E-state index >= 15 is 0 Å². The third-order valence-corrected chi connectivity index (χ3v) is 4.45. The van der Waals surface area contributed by atoms with E-state index in [-0.39, 0.29) is 11.7 Å². The summed E-state index contributed by atoms with van der Waals surface area (Å²) < 4.78 is 41.8.